The van der Waals surface area contributed by atoms with E-state index >= 15 is 0 Å². The third-order valence-electron chi connectivity index (χ3n) is 4.00. The maximum absolute atomic E-state index is 11.8. The minimum absolute atomic E-state index is 0.224. The van der Waals surface area contributed by atoms with E-state index in [-0.39, 0.29) is 6.03 Å². The first kappa shape index (κ1) is 15.8. The molecule has 0 aromatic carbocycles. The van der Waals surface area contributed by atoms with Crippen molar-refractivity contribution in [3.8, 4) is 0 Å². The molecule has 1 saturated carbocycles. The fourth-order valence-corrected chi connectivity index (χ4v) is 2.79. The number of hydrogen-bond donors (Lipinski definition) is 2. The highest BCUT2D eigenvalue weighted by Gasteiger charge is 2.21. The van der Waals surface area contributed by atoms with Crippen LogP contribution in [-0.2, 0) is 11.8 Å². The van der Waals surface area contributed by atoms with Gasteiger partial charge in [-0.15, -0.1) is 0 Å². The molecule has 2 N–H and O–H groups in total. The van der Waals surface area contributed by atoms with Crippen molar-refractivity contribution in [1.82, 2.24) is 15.1 Å². The number of carbonyl (C=O) groups excluding carboxylic acids is 1. The third-order valence-corrected chi connectivity index (χ3v) is 4.00. The van der Waals surface area contributed by atoms with E-state index in [1.807, 2.05) is 13.0 Å². The molecule has 0 aliphatic heterocycles. The minimum Gasteiger partial charge on any atom is -0.376 e. The minimum atomic E-state index is -0.224. The maximum atomic E-state index is 11.8. The Morgan fingerprint density at radius 3 is 2.90 bits per heavy atom. The fraction of sp³-hybridized carbons (Fsp3) is 0.733. The summed E-state index contributed by atoms with van der Waals surface area (Å²) in [4.78, 5) is 11.8. The van der Waals surface area contributed by atoms with Crippen molar-refractivity contribution >= 4 is 11.8 Å². The quantitative estimate of drug-likeness (QED) is 0.820. The summed E-state index contributed by atoms with van der Waals surface area (Å²) >= 11 is 0. The highest BCUT2D eigenvalue weighted by atomic mass is 16.5. The number of nitrogens with one attached hydrogen (secondary N) is 2. The third kappa shape index (κ3) is 4.74. The van der Waals surface area contributed by atoms with Gasteiger partial charge >= 0.3 is 6.03 Å². The Morgan fingerprint density at radius 2 is 2.24 bits per heavy atom. The van der Waals surface area contributed by atoms with Crippen LogP contribution in [0.25, 0.3) is 0 Å². The molecule has 1 heterocycles. The molecule has 0 unspecified atom stereocenters. The van der Waals surface area contributed by atoms with Gasteiger partial charge in [0, 0.05) is 19.7 Å². The van der Waals surface area contributed by atoms with Crippen LogP contribution in [0.15, 0.2) is 6.07 Å². The largest absolute Gasteiger partial charge is 0.376 e. The van der Waals surface area contributed by atoms with Gasteiger partial charge < -0.3 is 10.1 Å². The summed E-state index contributed by atoms with van der Waals surface area (Å²) in [6.45, 7) is 5.22. The molecule has 1 aromatic heterocycles. The monoisotopic (exact) mass is 294 g/mol. The molecule has 0 saturated heterocycles. The van der Waals surface area contributed by atoms with Crippen molar-refractivity contribution < 1.29 is 9.53 Å². The first-order valence-corrected chi connectivity index (χ1v) is 7.73. The topological polar surface area (TPSA) is 68.2 Å². The number of ether oxygens (including phenoxy) is 1. The van der Waals surface area contributed by atoms with E-state index in [9.17, 15) is 4.79 Å². The van der Waals surface area contributed by atoms with Crippen LogP contribution >= 0.6 is 0 Å². The molecule has 118 valence electrons. The molecular formula is C15H26N4O2. The van der Waals surface area contributed by atoms with Crippen LogP contribution < -0.4 is 10.6 Å². The predicted octanol–water partition coefficient (Wildman–Crippen LogP) is 2.45. The zero-order valence-electron chi connectivity index (χ0n) is 13.2. The number of aryl methyl sites for hydroxylation is 2. The van der Waals surface area contributed by atoms with Crippen LogP contribution in [-0.4, -0.2) is 35.1 Å². The second-order valence-electron chi connectivity index (χ2n) is 5.85. The highest BCUT2D eigenvalue weighted by molar-refractivity contribution is 5.88. The van der Waals surface area contributed by atoms with E-state index in [0.29, 0.717) is 31.0 Å². The summed E-state index contributed by atoms with van der Waals surface area (Å²) in [5, 5.41) is 9.76. The Kier molecular flexibility index (Phi) is 5.61. The molecule has 0 bridgehead atoms. The molecule has 0 radical (unpaired) electrons. The van der Waals surface area contributed by atoms with Crippen molar-refractivity contribution in [1.29, 1.82) is 0 Å². The number of anilines is 1. The molecule has 1 fully saturated rings. The van der Waals surface area contributed by atoms with Crippen LogP contribution in [0, 0.1) is 12.8 Å². The Labute approximate surface area is 126 Å². The van der Waals surface area contributed by atoms with E-state index in [4.69, 9.17) is 4.74 Å². The molecule has 1 aromatic rings. The lowest BCUT2D eigenvalue weighted by Gasteiger charge is -2.28. The summed E-state index contributed by atoms with van der Waals surface area (Å²) in [7, 11) is 1.80. The lowest BCUT2D eigenvalue weighted by Crippen LogP contribution is -2.34. The lowest BCUT2D eigenvalue weighted by molar-refractivity contribution is -0.00232. The van der Waals surface area contributed by atoms with Gasteiger partial charge in [-0.3, -0.25) is 10.00 Å². The smallest absolute Gasteiger partial charge is 0.320 e. The molecule has 6 heteroatoms. The van der Waals surface area contributed by atoms with Gasteiger partial charge in [0.15, 0.2) is 0 Å². The average molecular weight is 294 g/mol. The van der Waals surface area contributed by atoms with Crippen molar-refractivity contribution in [3.05, 3.63) is 11.8 Å². The SMILES string of the molecule is Cc1cc(NC(=O)NCCO[C@@H]2CCCC[C@@H]2C)n(C)n1. The summed E-state index contributed by atoms with van der Waals surface area (Å²) in [5.74, 6) is 1.32. The van der Waals surface area contributed by atoms with Crippen molar-refractivity contribution in [2.24, 2.45) is 13.0 Å². The highest BCUT2D eigenvalue weighted by Crippen LogP contribution is 2.25. The second-order valence-corrected chi connectivity index (χ2v) is 5.85. The van der Waals surface area contributed by atoms with Gasteiger partial charge in [0.1, 0.15) is 5.82 Å². The number of hydrogen-bond acceptors (Lipinski definition) is 3. The maximum Gasteiger partial charge on any atom is 0.320 e. The number of carbonyl (C=O) groups is 1. The molecule has 2 atom stereocenters. The van der Waals surface area contributed by atoms with E-state index in [2.05, 4.69) is 22.7 Å². The van der Waals surface area contributed by atoms with Crippen LogP contribution in [0.2, 0.25) is 0 Å². The molecule has 1 aliphatic rings. The van der Waals surface area contributed by atoms with Crippen LogP contribution in [0.5, 0.6) is 0 Å². The van der Waals surface area contributed by atoms with E-state index in [0.717, 1.165) is 12.1 Å². The zero-order valence-corrected chi connectivity index (χ0v) is 13.2. The zero-order chi connectivity index (χ0) is 15.2. The number of rotatable bonds is 5. The molecule has 2 rings (SSSR count). The normalized spacial score (nSPS) is 22.0. The Bertz CT molecular complexity index is 472. The molecular weight excluding hydrogens is 268 g/mol. The Morgan fingerprint density at radius 1 is 1.48 bits per heavy atom. The van der Waals surface area contributed by atoms with Gasteiger partial charge in [-0.25, -0.2) is 4.79 Å². The van der Waals surface area contributed by atoms with Crippen molar-refractivity contribution in [2.75, 3.05) is 18.5 Å². The number of amides is 2. The molecule has 0 spiro atoms. The molecule has 6 nitrogen and oxygen atoms in total. The van der Waals surface area contributed by atoms with Crippen LogP contribution in [0.3, 0.4) is 0 Å². The lowest BCUT2D eigenvalue weighted by atomic mass is 9.88. The molecule has 2 amide bonds. The number of urea groups is 1. The summed E-state index contributed by atoms with van der Waals surface area (Å²) < 4.78 is 7.51. The van der Waals surface area contributed by atoms with Gasteiger partial charge in [-0.05, 0) is 25.7 Å². The fourth-order valence-electron chi connectivity index (χ4n) is 2.79. The molecule has 1 aliphatic carbocycles. The Balaban J connectivity index is 1.64. The molecule has 21 heavy (non-hydrogen) atoms. The first-order chi connectivity index (χ1) is 10.1. The van der Waals surface area contributed by atoms with E-state index in [1.165, 1.54) is 19.3 Å². The first-order valence-electron chi connectivity index (χ1n) is 7.73. The predicted molar refractivity (Wildman–Crippen MR) is 82.3 cm³/mol. The van der Waals surface area contributed by atoms with Gasteiger partial charge in [-0.1, -0.05) is 19.8 Å². The summed E-state index contributed by atoms with van der Waals surface area (Å²) in [5.41, 5.74) is 0.877. The van der Waals surface area contributed by atoms with Crippen molar-refractivity contribution in [2.45, 2.75) is 45.6 Å². The van der Waals surface area contributed by atoms with Gasteiger partial charge in [-0.2, -0.15) is 5.10 Å². The number of nitrogens with zero attached hydrogens (tertiary/aromatic N) is 2. The van der Waals surface area contributed by atoms with E-state index in [1.54, 1.807) is 11.7 Å². The average Bonchev–Trinajstić information content (AvgIpc) is 2.75. The van der Waals surface area contributed by atoms with Crippen molar-refractivity contribution in [3.63, 3.8) is 0 Å². The van der Waals surface area contributed by atoms with Crippen LogP contribution in [0.4, 0.5) is 10.6 Å². The Hall–Kier alpha value is -1.56. The second kappa shape index (κ2) is 7.45. The van der Waals surface area contributed by atoms with Gasteiger partial charge in [0.25, 0.3) is 0 Å². The van der Waals surface area contributed by atoms with Gasteiger partial charge in [0.05, 0.1) is 18.4 Å². The standard InChI is InChI=1S/C15H26N4O2/c1-11-6-4-5-7-13(11)21-9-8-16-15(20)17-14-10-12(2)18-19(14)3/h10-11,13H,4-9H2,1-3H3,(H2,16,17,20)/t11-,13+/m0/s1. The van der Waals surface area contributed by atoms with Gasteiger partial charge in [0.2, 0.25) is 0 Å². The number of aromatic nitrogens is 2. The van der Waals surface area contributed by atoms with E-state index < -0.39 is 0 Å². The summed E-state index contributed by atoms with van der Waals surface area (Å²) in [6.07, 6.45) is 5.30. The summed E-state index contributed by atoms with van der Waals surface area (Å²) in [6, 6.07) is 1.61. The van der Waals surface area contributed by atoms with Crippen LogP contribution in [0.1, 0.15) is 38.3 Å².